The van der Waals surface area contributed by atoms with Gasteiger partial charge in [-0.2, -0.15) is 12.6 Å². The quantitative estimate of drug-likeness (QED) is 0.551. The molecule has 0 spiro atoms. The fourth-order valence-corrected chi connectivity index (χ4v) is 2.48. The van der Waals surface area contributed by atoms with Crippen molar-refractivity contribution in [3.05, 3.63) is 24.3 Å². The molecular weight excluding hydrogens is 220 g/mol. The van der Waals surface area contributed by atoms with Crippen molar-refractivity contribution in [1.82, 2.24) is 0 Å². The van der Waals surface area contributed by atoms with E-state index in [9.17, 15) is 4.79 Å². The maximum Gasteiger partial charge on any atom is 0.312 e. The molecule has 3 heteroatoms. The third-order valence-electron chi connectivity index (χ3n) is 3.03. The van der Waals surface area contributed by atoms with E-state index in [-0.39, 0.29) is 0 Å². The fraction of sp³-hybridized carbons (Fsp3) is 0.615. The van der Waals surface area contributed by atoms with Crippen LogP contribution in [0.1, 0.15) is 39.0 Å². The molecule has 0 amide bonds. The topological polar surface area (TPSA) is 37.3 Å². The maximum atomic E-state index is 11.1. The normalized spacial score (nSPS) is 28.2. The van der Waals surface area contributed by atoms with E-state index in [4.69, 9.17) is 5.11 Å². The van der Waals surface area contributed by atoms with Gasteiger partial charge in [-0.3, -0.25) is 4.79 Å². The number of hydrogen-bond donors (Lipinski definition) is 2. The number of aliphatic carboxylic acids is 1. The fourth-order valence-electron chi connectivity index (χ4n) is 2.04. The van der Waals surface area contributed by atoms with Crippen molar-refractivity contribution in [2.24, 2.45) is 5.92 Å². The van der Waals surface area contributed by atoms with Gasteiger partial charge in [0, 0.05) is 4.75 Å². The minimum atomic E-state index is -0.786. The summed E-state index contributed by atoms with van der Waals surface area (Å²) in [6.45, 7) is 2.17. The van der Waals surface area contributed by atoms with Crippen molar-refractivity contribution < 1.29 is 9.90 Å². The highest BCUT2D eigenvalue weighted by atomic mass is 32.1. The first kappa shape index (κ1) is 13.4. The minimum Gasteiger partial charge on any atom is -0.481 e. The average molecular weight is 240 g/mol. The summed E-state index contributed by atoms with van der Waals surface area (Å²) in [6.07, 6.45) is 12.8. The Morgan fingerprint density at radius 3 is 2.75 bits per heavy atom. The summed E-state index contributed by atoms with van der Waals surface area (Å²) in [5.74, 6) is -1.28. The van der Waals surface area contributed by atoms with Gasteiger partial charge in [0.25, 0.3) is 0 Å². The second kappa shape index (κ2) is 6.14. The van der Waals surface area contributed by atoms with Crippen molar-refractivity contribution in [2.75, 3.05) is 0 Å². The smallest absolute Gasteiger partial charge is 0.312 e. The summed E-state index contributed by atoms with van der Waals surface area (Å²) in [4.78, 5) is 11.1. The molecule has 16 heavy (non-hydrogen) atoms. The molecule has 1 rings (SSSR count). The van der Waals surface area contributed by atoms with Crippen LogP contribution in [-0.4, -0.2) is 15.8 Å². The highest BCUT2D eigenvalue weighted by Gasteiger charge is 2.36. The second-order valence-corrected chi connectivity index (χ2v) is 5.19. The van der Waals surface area contributed by atoms with Crippen LogP contribution in [0.5, 0.6) is 0 Å². The molecule has 1 aliphatic rings. The SMILES string of the molecule is CCCCCCC1(S)C=CC=CC1C(=O)O. The van der Waals surface area contributed by atoms with Crippen LogP contribution >= 0.6 is 12.6 Å². The molecule has 2 unspecified atom stereocenters. The number of allylic oxidation sites excluding steroid dienone is 2. The zero-order valence-corrected chi connectivity index (χ0v) is 10.6. The summed E-state index contributed by atoms with van der Waals surface area (Å²) in [7, 11) is 0. The standard InChI is InChI=1S/C13H20O2S/c1-2-3-4-6-9-13(16)10-7-5-8-11(13)12(14)15/h5,7-8,10-11,16H,2-4,6,9H2,1H3,(H,14,15). The van der Waals surface area contributed by atoms with Gasteiger partial charge in [0.15, 0.2) is 0 Å². The van der Waals surface area contributed by atoms with Crippen molar-refractivity contribution in [2.45, 2.75) is 43.8 Å². The number of carbonyl (C=O) groups is 1. The third kappa shape index (κ3) is 3.41. The van der Waals surface area contributed by atoms with Crippen LogP contribution in [-0.2, 0) is 4.79 Å². The van der Waals surface area contributed by atoms with Gasteiger partial charge >= 0.3 is 5.97 Å². The average Bonchev–Trinajstić information content (AvgIpc) is 2.25. The number of thiol groups is 1. The Morgan fingerprint density at radius 1 is 1.38 bits per heavy atom. The van der Waals surface area contributed by atoms with E-state index in [0.717, 1.165) is 19.3 Å². The van der Waals surface area contributed by atoms with Gasteiger partial charge in [-0.1, -0.05) is 56.9 Å². The van der Waals surface area contributed by atoms with Crippen molar-refractivity contribution >= 4 is 18.6 Å². The zero-order valence-electron chi connectivity index (χ0n) is 9.72. The molecule has 0 fully saturated rings. The van der Waals surface area contributed by atoms with Gasteiger partial charge in [-0.05, 0) is 6.42 Å². The van der Waals surface area contributed by atoms with Gasteiger partial charge in [0.1, 0.15) is 0 Å². The van der Waals surface area contributed by atoms with Gasteiger partial charge < -0.3 is 5.11 Å². The molecule has 2 nitrogen and oxygen atoms in total. The number of hydrogen-bond acceptors (Lipinski definition) is 2. The summed E-state index contributed by atoms with van der Waals surface area (Å²) >= 11 is 4.57. The predicted molar refractivity (Wildman–Crippen MR) is 69.9 cm³/mol. The van der Waals surface area contributed by atoms with Crippen molar-refractivity contribution in [1.29, 1.82) is 0 Å². The van der Waals surface area contributed by atoms with Crippen molar-refractivity contribution in [3.63, 3.8) is 0 Å². The summed E-state index contributed by atoms with van der Waals surface area (Å²) < 4.78 is -0.506. The van der Waals surface area contributed by atoms with Gasteiger partial charge in [-0.15, -0.1) is 0 Å². The van der Waals surface area contributed by atoms with E-state index in [1.165, 1.54) is 12.8 Å². The number of carboxylic acid groups (broad SMARTS) is 1. The molecule has 0 radical (unpaired) electrons. The molecule has 0 aromatic carbocycles. The molecule has 0 saturated heterocycles. The first-order chi connectivity index (χ1) is 7.60. The lowest BCUT2D eigenvalue weighted by Gasteiger charge is -2.31. The van der Waals surface area contributed by atoms with E-state index in [0.29, 0.717) is 0 Å². The molecule has 0 aliphatic heterocycles. The summed E-state index contributed by atoms with van der Waals surface area (Å²) in [5.41, 5.74) is 0. The van der Waals surface area contributed by atoms with E-state index < -0.39 is 16.6 Å². The highest BCUT2D eigenvalue weighted by Crippen LogP contribution is 2.36. The molecule has 0 heterocycles. The lowest BCUT2D eigenvalue weighted by Crippen LogP contribution is -2.35. The first-order valence-corrected chi connectivity index (χ1v) is 6.36. The predicted octanol–water partition coefficient (Wildman–Crippen LogP) is 3.45. The van der Waals surface area contributed by atoms with E-state index in [1.807, 2.05) is 12.2 Å². The van der Waals surface area contributed by atoms with E-state index in [2.05, 4.69) is 19.6 Å². The second-order valence-electron chi connectivity index (χ2n) is 4.36. The monoisotopic (exact) mass is 240 g/mol. The van der Waals surface area contributed by atoms with Crippen LogP contribution in [0.15, 0.2) is 24.3 Å². The maximum absolute atomic E-state index is 11.1. The molecule has 0 saturated carbocycles. The van der Waals surface area contributed by atoms with E-state index in [1.54, 1.807) is 12.2 Å². The van der Waals surface area contributed by atoms with Crippen LogP contribution in [0, 0.1) is 5.92 Å². The van der Waals surface area contributed by atoms with Crippen LogP contribution < -0.4 is 0 Å². The van der Waals surface area contributed by atoms with Crippen LogP contribution in [0.25, 0.3) is 0 Å². The molecule has 1 N–H and O–H groups in total. The molecule has 90 valence electrons. The Balaban J connectivity index is 2.55. The molecule has 0 bridgehead atoms. The lowest BCUT2D eigenvalue weighted by atomic mass is 9.83. The first-order valence-electron chi connectivity index (χ1n) is 5.91. The Kier molecular flexibility index (Phi) is 5.13. The molecule has 2 atom stereocenters. The Hall–Kier alpha value is -0.700. The number of unbranched alkanes of at least 4 members (excludes halogenated alkanes) is 3. The highest BCUT2D eigenvalue weighted by molar-refractivity contribution is 7.82. The summed E-state index contributed by atoms with van der Waals surface area (Å²) in [5, 5.41) is 9.14. The number of carboxylic acids is 1. The van der Waals surface area contributed by atoms with Crippen LogP contribution in [0.4, 0.5) is 0 Å². The van der Waals surface area contributed by atoms with Gasteiger partial charge in [-0.25, -0.2) is 0 Å². The minimum absolute atomic E-state index is 0.498. The largest absolute Gasteiger partial charge is 0.481 e. The van der Waals surface area contributed by atoms with Crippen LogP contribution in [0.2, 0.25) is 0 Å². The van der Waals surface area contributed by atoms with E-state index >= 15 is 0 Å². The molecule has 0 aromatic heterocycles. The van der Waals surface area contributed by atoms with Gasteiger partial charge in [0.2, 0.25) is 0 Å². The van der Waals surface area contributed by atoms with Crippen molar-refractivity contribution in [3.8, 4) is 0 Å². The number of rotatable bonds is 6. The Bertz CT molecular complexity index is 296. The Labute approximate surface area is 103 Å². The molecule has 1 aliphatic carbocycles. The Morgan fingerprint density at radius 2 is 2.12 bits per heavy atom. The zero-order chi connectivity index (χ0) is 12.0. The molecular formula is C13H20O2S. The lowest BCUT2D eigenvalue weighted by molar-refractivity contribution is -0.140. The third-order valence-corrected chi connectivity index (χ3v) is 3.69. The molecule has 0 aromatic rings. The van der Waals surface area contributed by atoms with Crippen LogP contribution in [0.3, 0.4) is 0 Å². The summed E-state index contributed by atoms with van der Waals surface area (Å²) in [6, 6.07) is 0. The van der Waals surface area contributed by atoms with Gasteiger partial charge in [0.05, 0.1) is 5.92 Å².